The van der Waals surface area contributed by atoms with E-state index in [-0.39, 0.29) is 21.4 Å². The Hall–Kier alpha value is -1.55. The van der Waals surface area contributed by atoms with Crippen molar-refractivity contribution in [1.82, 2.24) is 4.31 Å². The molecule has 0 N–H and O–H groups in total. The first-order valence-electron chi connectivity index (χ1n) is 13.1. The highest BCUT2D eigenvalue weighted by molar-refractivity contribution is 7.89. The molecule has 0 amide bonds. The highest BCUT2D eigenvalue weighted by atomic mass is 32.2. The van der Waals surface area contributed by atoms with Crippen LogP contribution in [0.4, 0.5) is 5.69 Å². The molecule has 4 rings (SSSR count). The van der Waals surface area contributed by atoms with Crippen LogP contribution in [-0.4, -0.2) is 43.6 Å². The number of nitro groups is 1. The van der Waals surface area contributed by atoms with Crippen LogP contribution < -0.4 is 0 Å². The van der Waals surface area contributed by atoms with Crippen molar-refractivity contribution in [1.29, 1.82) is 0 Å². The van der Waals surface area contributed by atoms with Gasteiger partial charge < -0.3 is 4.43 Å². The number of sulfonamides is 1. The molecule has 1 heterocycles. The van der Waals surface area contributed by atoms with Crippen molar-refractivity contribution in [3.63, 3.8) is 0 Å². The van der Waals surface area contributed by atoms with E-state index in [1.54, 1.807) is 4.31 Å². The van der Waals surface area contributed by atoms with Crippen molar-refractivity contribution in [2.24, 2.45) is 16.7 Å². The lowest BCUT2D eigenvalue weighted by Crippen LogP contribution is -2.74. The van der Waals surface area contributed by atoms with Crippen molar-refractivity contribution in [2.75, 3.05) is 6.54 Å². The first-order chi connectivity index (χ1) is 16.6. The standard InChI is InChI=1S/C27H42N2O5SSi/c1-8-15-26-18-14-23-24(2,3)16-9-17-25(23,4)27(26,34-36(5,6)7)19-20-28(26)35(32,33)22-12-10-21(11-13-22)29(30)31/h8,10-13,23H,1,9,14-20H2,2-7H3/t23-,25-,26+,27+/m0/s1. The predicted molar refractivity (Wildman–Crippen MR) is 145 cm³/mol. The number of non-ortho nitro benzene ring substituents is 1. The maximum Gasteiger partial charge on any atom is 0.269 e. The highest BCUT2D eigenvalue weighted by Gasteiger charge is 2.74. The number of hydrogen-bond acceptors (Lipinski definition) is 5. The van der Waals surface area contributed by atoms with E-state index in [0.29, 0.717) is 25.3 Å². The summed E-state index contributed by atoms with van der Waals surface area (Å²) in [5.74, 6) is 0.440. The van der Waals surface area contributed by atoms with Crippen LogP contribution in [0.25, 0.3) is 0 Å². The SMILES string of the molecule is C=CC[C@@]12CC[C@H]3C(C)(C)CCC[C@]3(C)[C@]1(O[Si](C)(C)C)CCN2S(=O)(=O)c1ccc([N+](=O)[O-])cc1. The number of benzene rings is 1. The Bertz CT molecular complexity index is 1150. The fourth-order valence-corrected chi connectivity index (χ4v) is 11.8. The Morgan fingerprint density at radius 2 is 1.78 bits per heavy atom. The molecule has 0 radical (unpaired) electrons. The molecule has 2 aliphatic carbocycles. The summed E-state index contributed by atoms with van der Waals surface area (Å²) in [6.45, 7) is 18.2. The van der Waals surface area contributed by atoms with E-state index in [0.717, 1.165) is 25.7 Å². The molecule has 1 aliphatic heterocycles. The summed E-state index contributed by atoms with van der Waals surface area (Å²) in [5.41, 5.74) is -1.49. The smallest absolute Gasteiger partial charge is 0.269 e. The molecule has 0 bridgehead atoms. The number of fused-ring (bicyclic) bond motifs is 3. The molecule has 1 aromatic carbocycles. The molecule has 3 fully saturated rings. The van der Waals surface area contributed by atoms with Crippen LogP contribution in [0.1, 0.15) is 65.7 Å². The summed E-state index contributed by atoms with van der Waals surface area (Å²) in [6, 6.07) is 5.28. The van der Waals surface area contributed by atoms with Crippen LogP contribution >= 0.6 is 0 Å². The molecule has 4 atom stereocenters. The zero-order chi connectivity index (χ0) is 26.8. The largest absolute Gasteiger partial charge is 0.410 e. The molecule has 0 unspecified atom stereocenters. The van der Waals surface area contributed by atoms with Crippen LogP contribution in [0.2, 0.25) is 19.6 Å². The van der Waals surface area contributed by atoms with Gasteiger partial charge in [-0.1, -0.05) is 33.3 Å². The maximum absolute atomic E-state index is 14.2. The van der Waals surface area contributed by atoms with Gasteiger partial charge in [-0.3, -0.25) is 10.1 Å². The topological polar surface area (TPSA) is 89.8 Å². The van der Waals surface area contributed by atoms with Crippen molar-refractivity contribution in [3.8, 4) is 0 Å². The first-order valence-corrected chi connectivity index (χ1v) is 18.0. The molecule has 3 aliphatic rings. The lowest BCUT2D eigenvalue weighted by Gasteiger charge is -2.68. The van der Waals surface area contributed by atoms with Gasteiger partial charge in [0, 0.05) is 24.1 Å². The number of nitro benzene ring substituents is 1. The zero-order valence-corrected chi connectivity index (χ0v) is 24.5. The third-order valence-corrected chi connectivity index (χ3v) is 12.4. The molecule has 9 heteroatoms. The Balaban J connectivity index is 1.91. The molecular formula is C27H42N2O5SSi. The van der Waals surface area contributed by atoms with Crippen molar-refractivity contribution < 1.29 is 17.8 Å². The van der Waals surface area contributed by atoms with E-state index in [4.69, 9.17) is 4.43 Å². The second-order valence-corrected chi connectivity index (χ2v) is 19.3. The Kier molecular flexibility index (Phi) is 6.68. The highest BCUT2D eigenvalue weighted by Crippen LogP contribution is 2.70. The average molecular weight is 535 g/mol. The lowest BCUT2D eigenvalue weighted by molar-refractivity contribution is -0.384. The minimum atomic E-state index is -3.92. The van der Waals surface area contributed by atoms with Crippen LogP contribution in [0.3, 0.4) is 0 Å². The van der Waals surface area contributed by atoms with E-state index in [1.807, 2.05) is 6.08 Å². The van der Waals surface area contributed by atoms with Crippen LogP contribution in [0.5, 0.6) is 0 Å². The molecule has 2 saturated carbocycles. The average Bonchev–Trinajstić information content (AvgIpc) is 3.08. The van der Waals surface area contributed by atoms with Gasteiger partial charge in [0.05, 0.1) is 21.0 Å². The molecule has 0 aromatic heterocycles. The summed E-state index contributed by atoms with van der Waals surface area (Å²) in [7, 11) is -6.03. The van der Waals surface area contributed by atoms with Crippen LogP contribution in [-0.2, 0) is 14.4 Å². The van der Waals surface area contributed by atoms with Gasteiger partial charge in [0.2, 0.25) is 10.0 Å². The van der Waals surface area contributed by atoms with Gasteiger partial charge in [-0.2, -0.15) is 4.31 Å². The lowest BCUT2D eigenvalue weighted by atomic mass is 9.43. The van der Waals surface area contributed by atoms with E-state index in [9.17, 15) is 18.5 Å². The van der Waals surface area contributed by atoms with Crippen molar-refractivity contribution in [3.05, 3.63) is 47.0 Å². The summed E-state index contributed by atoms with van der Waals surface area (Å²) < 4.78 is 37.5. The third-order valence-electron chi connectivity index (χ3n) is 9.49. The number of nitrogens with zero attached hydrogens (tertiary/aromatic N) is 2. The Morgan fingerprint density at radius 1 is 1.14 bits per heavy atom. The maximum atomic E-state index is 14.2. The van der Waals surface area contributed by atoms with Gasteiger partial charge in [-0.25, -0.2) is 8.42 Å². The van der Waals surface area contributed by atoms with Gasteiger partial charge in [0.1, 0.15) is 0 Å². The van der Waals surface area contributed by atoms with Gasteiger partial charge >= 0.3 is 0 Å². The van der Waals surface area contributed by atoms with Crippen molar-refractivity contribution in [2.45, 2.75) is 101 Å². The van der Waals surface area contributed by atoms with Crippen molar-refractivity contribution >= 4 is 24.0 Å². The van der Waals surface area contributed by atoms with Gasteiger partial charge in [0.25, 0.3) is 5.69 Å². The monoisotopic (exact) mass is 534 g/mol. The molecule has 200 valence electrons. The quantitative estimate of drug-likeness (QED) is 0.172. The normalized spacial score (nSPS) is 34.6. The minimum absolute atomic E-state index is 0.0941. The van der Waals surface area contributed by atoms with E-state index in [1.165, 1.54) is 30.7 Å². The minimum Gasteiger partial charge on any atom is -0.410 e. The van der Waals surface area contributed by atoms with E-state index >= 15 is 0 Å². The second kappa shape index (κ2) is 8.75. The predicted octanol–water partition coefficient (Wildman–Crippen LogP) is 6.52. The third kappa shape index (κ3) is 3.92. The summed E-state index contributed by atoms with van der Waals surface area (Å²) >= 11 is 0. The molecule has 36 heavy (non-hydrogen) atoms. The molecular weight excluding hydrogens is 492 g/mol. The van der Waals surface area contributed by atoms with E-state index in [2.05, 4.69) is 47.0 Å². The van der Waals surface area contributed by atoms with Crippen LogP contribution in [0.15, 0.2) is 41.8 Å². The Morgan fingerprint density at radius 3 is 2.33 bits per heavy atom. The number of rotatable bonds is 7. The molecule has 1 saturated heterocycles. The molecule has 0 spiro atoms. The van der Waals surface area contributed by atoms with E-state index < -0.39 is 34.4 Å². The fraction of sp³-hybridized carbons (Fsp3) is 0.704. The first kappa shape index (κ1) is 27.5. The second-order valence-electron chi connectivity index (χ2n) is 13.0. The van der Waals surface area contributed by atoms with Gasteiger partial charge in [-0.05, 0) is 81.6 Å². The Labute approximate surface area is 217 Å². The molecule has 7 nitrogen and oxygen atoms in total. The zero-order valence-electron chi connectivity index (χ0n) is 22.7. The molecule has 1 aromatic rings. The summed E-state index contributed by atoms with van der Waals surface area (Å²) in [4.78, 5) is 10.7. The summed E-state index contributed by atoms with van der Waals surface area (Å²) in [6.07, 6.45) is 8.01. The fourth-order valence-electron chi connectivity index (χ4n) is 8.36. The summed E-state index contributed by atoms with van der Waals surface area (Å²) in [5, 5.41) is 11.2. The van der Waals surface area contributed by atoms with Crippen LogP contribution in [0, 0.1) is 26.9 Å². The number of hydrogen-bond donors (Lipinski definition) is 0. The van der Waals surface area contributed by atoms with Gasteiger partial charge in [-0.15, -0.1) is 6.58 Å². The van der Waals surface area contributed by atoms with Gasteiger partial charge in [0.15, 0.2) is 8.32 Å².